The Balaban J connectivity index is 1.12. The summed E-state index contributed by atoms with van der Waals surface area (Å²) in [4.78, 5) is 0. The molecule has 4 aliphatic rings. The fourth-order valence-corrected chi connectivity index (χ4v) is 31.1. The molecule has 1 saturated carbocycles. The Morgan fingerprint density at radius 2 is 1.15 bits per heavy atom. The molecule has 1 aliphatic carbocycles. The summed E-state index contributed by atoms with van der Waals surface area (Å²) in [6, 6.07) is 56.4. The van der Waals surface area contributed by atoms with E-state index in [1.54, 1.807) is 0 Å². The van der Waals surface area contributed by atoms with Crippen molar-refractivity contribution in [1.29, 1.82) is 0 Å². The molecule has 0 spiro atoms. The van der Waals surface area contributed by atoms with Gasteiger partial charge in [0.15, 0.2) is 0 Å². The third-order valence-electron chi connectivity index (χ3n) is 13.0. The summed E-state index contributed by atoms with van der Waals surface area (Å²) in [7, 11) is -2.77. The molecule has 4 fully saturated rings. The van der Waals surface area contributed by atoms with Crippen LogP contribution in [0.1, 0.15) is 27.2 Å². The maximum absolute atomic E-state index is 7.54. The van der Waals surface area contributed by atoms with Crippen LogP contribution >= 0.6 is 0 Å². The monoisotopic (exact) mass is 814 g/mol. The first-order valence-corrected chi connectivity index (χ1v) is 27.4. The summed E-state index contributed by atoms with van der Waals surface area (Å²) in [6.45, 7) is 9.06. The minimum absolute atomic E-state index is 0.0301. The average molecular weight is 814 g/mol. The van der Waals surface area contributed by atoms with Crippen LogP contribution in [0.4, 0.5) is 0 Å². The number of hydrogen-bond donors (Lipinski definition) is 0. The van der Waals surface area contributed by atoms with E-state index in [1.165, 1.54) is 25.5 Å². The van der Waals surface area contributed by atoms with E-state index in [2.05, 4.69) is 172 Å². The Bertz CT molecular complexity index is 1820. The van der Waals surface area contributed by atoms with Crippen molar-refractivity contribution < 1.29 is 18.6 Å². The van der Waals surface area contributed by atoms with E-state index in [0.29, 0.717) is 24.4 Å². The van der Waals surface area contributed by atoms with Crippen molar-refractivity contribution >= 4 is 47.8 Å². The Kier molecular flexibility index (Phi) is 9.12. The molecule has 52 heavy (non-hydrogen) atoms. The zero-order chi connectivity index (χ0) is 35.4. The van der Waals surface area contributed by atoms with Crippen LogP contribution in [0.15, 0.2) is 152 Å². The van der Waals surface area contributed by atoms with Crippen LogP contribution < -0.4 is 21.1 Å². The Morgan fingerprint density at radius 1 is 0.673 bits per heavy atom. The van der Waals surface area contributed by atoms with Gasteiger partial charge in [0.1, 0.15) is 0 Å². The van der Waals surface area contributed by atoms with Crippen LogP contribution in [0.3, 0.4) is 0 Å². The van der Waals surface area contributed by atoms with E-state index < -0.39 is 26.7 Å². The van der Waals surface area contributed by atoms with Crippen LogP contribution in [-0.2, 0) is 18.6 Å². The van der Waals surface area contributed by atoms with Gasteiger partial charge < -0.3 is 0 Å². The number of rotatable bonds is 10. The van der Waals surface area contributed by atoms with Crippen LogP contribution in [0, 0.1) is 23.2 Å². The molecule has 0 amide bonds. The summed E-state index contributed by atoms with van der Waals surface area (Å²) in [5, 5.41) is 2.45. The molecule has 0 radical (unpaired) electrons. The quantitative estimate of drug-likeness (QED) is 0.159. The van der Waals surface area contributed by atoms with Gasteiger partial charge in [0, 0.05) is 0 Å². The van der Waals surface area contributed by atoms with Crippen molar-refractivity contribution in [3.63, 3.8) is 0 Å². The summed E-state index contributed by atoms with van der Waals surface area (Å²) >= 11 is -3.64. The minimum atomic E-state index is -3.64. The van der Waals surface area contributed by atoms with E-state index in [0.717, 1.165) is 19.6 Å². The molecule has 5 aromatic rings. The zero-order valence-corrected chi connectivity index (χ0v) is 34.4. The van der Waals surface area contributed by atoms with E-state index >= 15 is 0 Å². The standard InChI is InChI=1S/C28H35O4Si.3C6H5.Sn/c1-27(2,3)33(20-11-7-5-8-12-20,21-13-9-6-10-14-21)31-17-22-25-24-23-19(16-29-26(23)32-22)15-28(24,4)18-30-25;3*1-2-4-6-5-3-1;/h5-14,19,22-26H,4,15-18H2,1-3H3;3*1-5H;/t19-,22+,23+,24-,25+,26-,28+;;;;/m0..../s1. The van der Waals surface area contributed by atoms with Crippen LogP contribution in [0.25, 0.3) is 0 Å². The fourth-order valence-electron chi connectivity index (χ4n) is 11.0. The normalized spacial score (nSPS) is 28.1. The molecule has 6 heteroatoms. The third-order valence-corrected chi connectivity index (χ3v) is 32.8. The molecular formula is C46H50O4SiSn. The van der Waals surface area contributed by atoms with Gasteiger partial charge >= 0.3 is 316 Å². The predicted octanol–water partition coefficient (Wildman–Crippen LogP) is 6.13. The number of hydrogen-bond acceptors (Lipinski definition) is 4. The van der Waals surface area contributed by atoms with E-state index in [1.807, 2.05) is 0 Å². The number of benzene rings is 5. The van der Waals surface area contributed by atoms with Crippen molar-refractivity contribution in [3.05, 3.63) is 152 Å². The second-order valence-electron chi connectivity index (χ2n) is 16.7. The molecule has 5 aromatic carbocycles. The van der Waals surface area contributed by atoms with Gasteiger partial charge in [-0.05, 0) is 0 Å². The second kappa shape index (κ2) is 13.7. The first-order valence-electron chi connectivity index (χ1n) is 19.2. The van der Waals surface area contributed by atoms with E-state index in [4.69, 9.17) is 18.6 Å². The SMILES string of the molecule is CC(C)(C)[Si](OC[C@H]1O[C@@H]2OC[C@@H]3C[C@]4([CH2][Sn]([c]5ccccc5)([c]5ccccc5)[c]5ccccc5)CO[C@H]1[C@@H]4[C@@H]32)(c1ccccc1)c1ccccc1. The summed E-state index contributed by atoms with van der Waals surface area (Å²) in [5.41, 5.74) is 0.0407. The van der Waals surface area contributed by atoms with Crippen molar-refractivity contribution in [2.75, 3.05) is 19.8 Å². The Morgan fingerprint density at radius 3 is 1.63 bits per heavy atom. The third kappa shape index (κ3) is 5.53. The molecule has 266 valence electrons. The van der Waals surface area contributed by atoms with Crippen molar-refractivity contribution in [3.8, 4) is 0 Å². The topological polar surface area (TPSA) is 36.9 Å². The molecule has 0 unspecified atom stereocenters. The molecule has 9 rings (SSSR count). The Labute approximate surface area is 314 Å². The molecule has 0 N–H and O–H groups in total. The zero-order valence-electron chi connectivity index (χ0n) is 30.6. The van der Waals surface area contributed by atoms with E-state index in [9.17, 15) is 0 Å². The van der Waals surface area contributed by atoms with Gasteiger partial charge in [0.05, 0.1) is 0 Å². The van der Waals surface area contributed by atoms with E-state index in [-0.39, 0.29) is 29.0 Å². The summed E-state index contributed by atoms with van der Waals surface area (Å²) in [6.07, 6.45) is 0.683. The first kappa shape index (κ1) is 34.7. The molecule has 3 saturated heterocycles. The average Bonchev–Trinajstić information content (AvgIpc) is 3.85. The maximum atomic E-state index is 7.54. The molecule has 7 atom stereocenters. The van der Waals surface area contributed by atoms with Crippen LogP contribution in [0.2, 0.25) is 9.48 Å². The fraction of sp³-hybridized carbons (Fsp3) is 0.348. The molecular weight excluding hydrogens is 763 g/mol. The second-order valence-corrected chi connectivity index (χ2v) is 32.2. The molecule has 0 bridgehead atoms. The molecule has 3 aliphatic heterocycles. The van der Waals surface area contributed by atoms with Gasteiger partial charge in [-0.3, -0.25) is 0 Å². The van der Waals surface area contributed by atoms with Gasteiger partial charge in [-0.15, -0.1) is 0 Å². The number of ether oxygens (including phenoxy) is 3. The van der Waals surface area contributed by atoms with Gasteiger partial charge in [-0.1, -0.05) is 0 Å². The van der Waals surface area contributed by atoms with Gasteiger partial charge in [0.25, 0.3) is 0 Å². The van der Waals surface area contributed by atoms with Crippen LogP contribution in [0.5, 0.6) is 0 Å². The van der Waals surface area contributed by atoms with Crippen LogP contribution in [-0.4, -0.2) is 65.0 Å². The Hall–Kier alpha value is -3.04. The molecule has 4 nitrogen and oxygen atoms in total. The summed E-state index contributed by atoms with van der Waals surface area (Å²) in [5.74, 6) is 1.20. The van der Waals surface area contributed by atoms with Gasteiger partial charge in [-0.25, -0.2) is 0 Å². The van der Waals surface area contributed by atoms with Gasteiger partial charge in [0.2, 0.25) is 0 Å². The first-order chi connectivity index (χ1) is 25.4. The van der Waals surface area contributed by atoms with Crippen molar-refractivity contribution in [1.82, 2.24) is 0 Å². The molecule has 3 heterocycles. The molecule has 0 aromatic heterocycles. The summed E-state index contributed by atoms with van der Waals surface area (Å²) < 4.78 is 34.0. The van der Waals surface area contributed by atoms with Gasteiger partial charge in [-0.2, -0.15) is 0 Å². The van der Waals surface area contributed by atoms with Crippen molar-refractivity contribution in [2.24, 2.45) is 23.2 Å². The van der Waals surface area contributed by atoms with Crippen molar-refractivity contribution in [2.45, 2.75) is 55.2 Å². The predicted molar refractivity (Wildman–Crippen MR) is 214 cm³/mol.